The van der Waals surface area contributed by atoms with Crippen LogP contribution in [0.25, 0.3) is 10.8 Å². The summed E-state index contributed by atoms with van der Waals surface area (Å²) in [5.74, 6) is 0. The number of benzene rings is 3. The maximum absolute atomic E-state index is 9.48. The van der Waals surface area contributed by atoms with E-state index in [4.69, 9.17) is 0 Å². The summed E-state index contributed by atoms with van der Waals surface area (Å²) >= 11 is 0. The smallest absolute Gasteiger partial charge is 0.100 e. The number of hydrogen-bond donors (Lipinski definition) is 1. The van der Waals surface area contributed by atoms with Crippen LogP contribution in [0.5, 0.6) is 0 Å². The van der Waals surface area contributed by atoms with Crippen molar-refractivity contribution >= 4 is 10.8 Å². The predicted molar refractivity (Wildman–Crippen MR) is 90.5 cm³/mol. The van der Waals surface area contributed by atoms with Crippen LogP contribution in [0.3, 0.4) is 0 Å². The largest absolute Gasteiger partial charge is 0.312 e. The molecule has 3 aromatic carbocycles. The molecule has 0 heterocycles. The van der Waals surface area contributed by atoms with E-state index < -0.39 is 0 Å². The fraction of sp³-hybridized carbons (Fsp3) is 0.150. The molecule has 0 aliphatic carbocycles. The van der Waals surface area contributed by atoms with Gasteiger partial charge in [0.05, 0.1) is 5.56 Å². The van der Waals surface area contributed by atoms with Gasteiger partial charge in [-0.15, -0.1) is 0 Å². The topological polar surface area (TPSA) is 35.8 Å². The maximum Gasteiger partial charge on any atom is 0.100 e. The molecule has 0 bridgehead atoms. The van der Waals surface area contributed by atoms with E-state index in [0.717, 1.165) is 41.4 Å². The molecule has 0 unspecified atom stereocenters. The molecule has 108 valence electrons. The number of nitrogens with one attached hydrogen (secondary N) is 1. The molecule has 0 atom stereocenters. The van der Waals surface area contributed by atoms with Crippen LogP contribution >= 0.6 is 0 Å². The number of nitrogens with zero attached hydrogens (tertiary/aromatic N) is 1. The van der Waals surface area contributed by atoms with Crippen molar-refractivity contribution < 1.29 is 0 Å². The van der Waals surface area contributed by atoms with Crippen molar-refractivity contribution in [3.63, 3.8) is 0 Å². The minimum absolute atomic E-state index is 0.805. The van der Waals surface area contributed by atoms with Gasteiger partial charge < -0.3 is 5.32 Å². The molecule has 22 heavy (non-hydrogen) atoms. The Bertz CT molecular complexity index is 801. The lowest BCUT2D eigenvalue weighted by Crippen LogP contribution is -2.17. The van der Waals surface area contributed by atoms with Gasteiger partial charge in [-0.2, -0.15) is 5.26 Å². The van der Waals surface area contributed by atoms with Crippen molar-refractivity contribution in [2.24, 2.45) is 0 Å². The van der Waals surface area contributed by atoms with E-state index in [-0.39, 0.29) is 0 Å². The van der Waals surface area contributed by atoms with E-state index in [1.54, 1.807) is 0 Å². The highest BCUT2D eigenvalue weighted by atomic mass is 14.8. The maximum atomic E-state index is 9.48. The van der Waals surface area contributed by atoms with Crippen LogP contribution in [0.1, 0.15) is 16.7 Å². The molecule has 2 nitrogen and oxygen atoms in total. The second-order valence-corrected chi connectivity index (χ2v) is 5.35. The molecule has 0 saturated heterocycles. The first-order chi connectivity index (χ1) is 10.9. The minimum Gasteiger partial charge on any atom is -0.312 e. The number of fused-ring (bicyclic) bond motifs is 1. The first kappa shape index (κ1) is 14.3. The molecule has 3 aromatic rings. The van der Waals surface area contributed by atoms with Gasteiger partial charge in [-0.1, -0.05) is 66.7 Å². The van der Waals surface area contributed by atoms with Crippen molar-refractivity contribution in [3.8, 4) is 6.07 Å². The van der Waals surface area contributed by atoms with Gasteiger partial charge in [-0.3, -0.25) is 0 Å². The van der Waals surface area contributed by atoms with Crippen LogP contribution in [0.15, 0.2) is 66.7 Å². The summed E-state index contributed by atoms with van der Waals surface area (Å²) in [4.78, 5) is 0. The average Bonchev–Trinajstić information content (AvgIpc) is 2.59. The molecule has 0 aliphatic rings. The number of nitriles is 1. The molecular weight excluding hydrogens is 268 g/mol. The fourth-order valence-corrected chi connectivity index (χ4v) is 2.71. The van der Waals surface area contributed by atoms with E-state index in [1.165, 1.54) is 5.56 Å². The van der Waals surface area contributed by atoms with Crippen molar-refractivity contribution in [2.45, 2.75) is 13.0 Å². The highest BCUT2D eigenvalue weighted by Crippen LogP contribution is 2.22. The van der Waals surface area contributed by atoms with Crippen molar-refractivity contribution in [1.82, 2.24) is 5.32 Å². The van der Waals surface area contributed by atoms with Crippen LogP contribution in [0.4, 0.5) is 0 Å². The Morgan fingerprint density at radius 3 is 2.45 bits per heavy atom. The highest BCUT2D eigenvalue weighted by molar-refractivity contribution is 5.89. The quantitative estimate of drug-likeness (QED) is 0.718. The predicted octanol–water partition coefficient (Wildman–Crippen LogP) is 4.04. The van der Waals surface area contributed by atoms with Gasteiger partial charge in [-0.25, -0.2) is 0 Å². The van der Waals surface area contributed by atoms with Crippen molar-refractivity contribution in [1.29, 1.82) is 5.26 Å². The number of rotatable bonds is 5. The van der Waals surface area contributed by atoms with E-state index in [9.17, 15) is 5.26 Å². The highest BCUT2D eigenvalue weighted by Gasteiger charge is 2.06. The summed E-state index contributed by atoms with van der Waals surface area (Å²) in [5.41, 5.74) is 3.20. The number of hydrogen-bond acceptors (Lipinski definition) is 2. The zero-order chi connectivity index (χ0) is 15.2. The molecule has 0 radical (unpaired) electrons. The van der Waals surface area contributed by atoms with E-state index in [0.29, 0.717) is 0 Å². The second-order valence-electron chi connectivity index (χ2n) is 5.35. The van der Waals surface area contributed by atoms with E-state index in [2.05, 4.69) is 35.7 Å². The Labute approximate surface area is 131 Å². The monoisotopic (exact) mass is 286 g/mol. The molecule has 1 N–H and O–H groups in total. The molecule has 0 amide bonds. The zero-order valence-corrected chi connectivity index (χ0v) is 12.4. The van der Waals surface area contributed by atoms with Gasteiger partial charge in [0.25, 0.3) is 0 Å². The molecular formula is C20H18N2. The van der Waals surface area contributed by atoms with Gasteiger partial charge in [-0.05, 0) is 34.9 Å². The van der Waals surface area contributed by atoms with E-state index in [1.807, 2.05) is 42.5 Å². The Kier molecular flexibility index (Phi) is 4.48. The Morgan fingerprint density at radius 2 is 1.64 bits per heavy atom. The molecule has 0 fully saturated rings. The minimum atomic E-state index is 0.805. The summed E-state index contributed by atoms with van der Waals surface area (Å²) < 4.78 is 0. The molecule has 0 saturated carbocycles. The Hall–Kier alpha value is -2.63. The van der Waals surface area contributed by atoms with Crippen molar-refractivity contribution in [2.75, 3.05) is 6.54 Å². The third kappa shape index (κ3) is 3.16. The van der Waals surface area contributed by atoms with Gasteiger partial charge in [0.2, 0.25) is 0 Å². The summed E-state index contributed by atoms with van der Waals surface area (Å²) in [6, 6.07) is 25.0. The summed E-state index contributed by atoms with van der Waals surface area (Å²) in [6.07, 6.45) is 0.862. The Morgan fingerprint density at radius 1 is 0.864 bits per heavy atom. The van der Waals surface area contributed by atoms with E-state index >= 15 is 0 Å². The van der Waals surface area contributed by atoms with Gasteiger partial charge in [0.1, 0.15) is 6.07 Å². The zero-order valence-electron chi connectivity index (χ0n) is 12.4. The standard InChI is InChI=1S/C20H18N2/c21-14-20-18(11-10-17-8-4-5-9-19(17)20)12-13-22-15-16-6-2-1-3-7-16/h1-11,22H,12-13,15H2. The fourth-order valence-electron chi connectivity index (χ4n) is 2.71. The van der Waals surface area contributed by atoms with Gasteiger partial charge in [0.15, 0.2) is 0 Å². The summed E-state index contributed by atoms with van der Waals surface area (Å²) in [7, 11) is 0. The average molecular weight is 286 g/mol. The second kappa shape index (κ2) is 6.89. The van der Waals surface area contributed by atoms with Crippen LogP contribution < -0.4 is 5.32 Å². The third-order valence-corrected chi connectivity index (χ3v) is 3.87. The lowest BCUT2D eigenvalue weighted by molar-refractivity contribution is 0.687. The summed E-state index contributed by atoms with van der Waals surface area (Å²) in [6.45, 7) is 1.72. The molecule has 0 aliphatic heterocycles. The molecule has 0 spiro atoms. The van der Waals surface area contributed by atoms with Crippen LogP contribution in [-0.4, -0.2) is 6.54 Å². The first-order valence-electron chi connectivity index (χ1n) is 7.54. The molecule has 3 rings (SSSR count). The molecule has 2 heteroatoms. The lowest BCUT2D eigenvalue weighted by atomic mass is 9.98. The van der Waals surface area contributed by atoms with Crippen molar-refractivity contribution in [3.05, 3.63) is 83.4 Å². The molecule has 0 aromatic heterocycles. The van der Waals surface area contributed by atoms with Gasteiger partial charge >= 0.3 is 0 Å². The Balaban J connectivity index is 1.68. The normalized spacial score (nSPS) is 10.5. The first-order valence-corrected chi connectivity index (χ1v) is 7.54. The van der Waals surface area contributed by atoms with Crippen LogP contribution in [-0.2, 0) is 13.0 Å². The SMILES string of the molecule is N#Cc1c(CCNCc2ccccc2)ccc2ccccc12. The summed E-state index contributed by atoms with van der Waals surface area (Å²) in [5, 5.41) is 15.1. The lowest BCUT2D eigenvalue weighted by Gasteiger charge is -2.09. The van der Waals surface area contributed by atoms with Crippen LogP contribution in [0.2, 0.25) is 0 Å². The third-order valence-electron chi connectivity index (χ3n) is 3.87. The van der Waals surface area contributed by atoms with Gasteiger partial charge in [0, 0.05) is 6.54 Å². The van der Waals surface area contributed by atoms with Crippen LogP contribution in [0, 0.1) is 11.3 Å².